The molecular weight excluding hydrogens is 376 g/mol. The van der Waals surface area contributed by atoms with E-state index in [2.05, 4.69) is 5.32 Å². The lowest BCUT2D eigenvalue weighted by atomic mass is 10.2. The van der Waals surface area contributed by atoms with Crippen molar-refractivity contribution in [1.29, 1.82) is 0 Å². The van der Waals surface area contributed by atoms with Crippen LogP contribution in [0.2, 0.25) is 0 Å². The molecule has 8 heteroatoms. The highest BCUT2D eigenvalue weighted by atomic mass is 19.2. The predicted octanol–water partition coefficient (Wildman–Crippen LogP) is 4.12. The first-order chi connectivity index (χ1) is 13.4. The molecular formula is C20H16F4N2O2. The van der Waals surface area contributed by atoms with E-state index in [9.17, 15) is 22.4 Å². The number of halogens is 4. The molecule has 0 fully saturated rings. The van der Waals surface area contributed by atoms with E-state index in [4.69, 9.17) is 4.74 Å². The first-order valence-corrected chi connectivity index (χ1v) is 8.36. The number of aromatic nitrogens is 1. The van der Waals surface area contributed by atoms with Gasteiger partial charge >= 0.3 is 0 Å². The number of amides is 1. The summed E-state index contributed by atoms with van der Waals surface area (Å²) in [5.41, 5.74) is 1.72. The van der Waals surface area contributed by atoms with Crippen LogP contribution in [0.3, 0.4) is 0 Å². The Morgan fingerprint density at radius 2 is 1.61 bits per heavy atom. The second-order valence-corrected chi connectivity index (χ2v) is 6.03. The molecule has 1 N–H and O–H groups in total. The molecule has 4 nitrogen and oxygen atoms in total. The van der Waals surface area contributed by atoms with Gasteiger partial charge in [-0.2, -0.15) is 8.78 Å². The largest absolute Gasteiger partial charge is 0.475 e. The minimum Gasteiger partial charge on any atom is -0.475 e. The number of nitrogens with one attached hydrogen (secondary N) is 1. The fraction of sp³-hybridized carbons (Fsp3) is 0.150. The number of benzene rings is 2. The minimum atomic E-state index is -1.70. The SMILES string of the molecule is CC(Oc1c(F)c(F)cc(F)c1F)C(=O)NCc1ccc(-n2cccc2)cc1. The standard InChI is InChI=1S/C20H16F4N2O2/c1-12(28-19-17(23)15(21)10-16(22)18(19)24)20(27)25-11-13-4-6-14(7-5-13)26-8-2-3-9-26/h2-10,12H,11H2,1H3,(H,25,27). The molecule has 1 amide bonds. The second kappa shape index (κ2) is 8.16. The highest BCUT2D eigenvalue weighted by molar-refractivity contribution is 5.80. The fourth-order valence-corrected chi connectivity index (χ4v) is 2.51. The van der Waals surface area contributed by atoms with Crippen molar-refractivity contribution in [2.75, 3.05) is 0 Å². The van der Waals surface area contributed by atoms with Gasteiger partial charge in [0.1, 0.15) is 0 Å². The summed E-state index contributed by atoms with van der Waals surface area (Å²) in [7, 11) is 0. The van der Waals surface area contributed by atoms with Gasteiger partial charge in [0.25, 0.3) is 5.91 Å². The number of carbonyl (C=O) groups excluding carboxylic acids is 1. The van der Waals surface area contributed by atoms with Crippen molar-refractivity contribution in [2.24, 2.45) is 0 Å². The fourth-order valence-electron chi connectivity index (χ4n) is 2.51. The third kappa shape index (κ3) is 4.16. The van der Waals surface area contributed by atoms with E-state index in [1.165, 1.54) is 6.92 Å². The molecule has 0 aliphatic carbocycles. The lowest BCUT2D eigenvalue weighted by Crippen LogP contribution is -2.36. The maximum atomic E-state index is 13.6. The van der Waals surface area contributed by atoms with E-state index in [1.54, 1.807) is 0 Å². The van der Waals surface area contributed by atoms with Gasteiger partial charge in [0.2, 0.25) is 11.6 Å². The van der Waals surface area contributed by atoms with Crippen LogP contribution in [0.5, 0.6) is 5.75 Å². The number of nitrogens with zero attached hydrogens (tertiary/aromatic N) is 1. The summed E-state index contributed by atoms with van der Waals surface area (Å²) in [5.74, 6) is -8.57. The van der Waals surface area contributed by atoms with Crippen molar-refractivity contribution in [3.05, 3.63) is 83.7 Å². The molecule has 0 aliphatic rings. The van der Waals surface area contributed by atoms with Crippen LogP contribution in [0.4, 0.5) is 17.6 Å². The summed E-state index contributed by atoms with van der Waals surface area (Å²) in [6.07, 6.45) is 2.41. The van der Waals surface area contributed by atoms with E-state index >= 15 is 0 Å². The molecule has 0 aliphatic heterocycles. The number of hydrogen-bond donors (Lipinski definition) is 1. The maximum Gasteiger partial charge on any atom is 0.261 e. The first kappa shape index (κ1) is 19.5. The van der Waals surface area contributed by atoms with E-state index in [0.717, 1.165) is 11.3 Å². The molecule has 28 heavy (non-hydrogen) atoms. The van der Waals surface area contributed by atoms with Gasteiger partial charge < -0.3 is 14.6 Å². The van der Waals surface area contributed by atoms with Crippen LogP contribution < -0.4 is 10.1 Å². The predicted molar refractivity (Wildman–Crippen MR) is 94.0 cm³/mol. The van der Waals surface area contributed by atoms with Crippen LogP contribution in [0.1, 0.15) is 12.5 Å². The average molecular weight is 392 g/mol. The van der Waals surface area contributed by atoms with Crippen LogP contribution >= 0.6 is 0 Å². The smallest absolute Gasteiger partial charge is 0.261 e. The Balaban J connectivity index is 1.61. The van der Waals surface area contributed by atoms with Gasteiger partial charge in [0.05, 0.1) is 0 Å². The summed E-state index contributed by atoms with van der Waals surface area (Å²) in [4.78, 5) is 12.1. The highest BCUT2D eigenvalue weighted by Gasteiger charge is 2.24. The zero-order chi connectivity index (χ0) is 20.3. The molecule has 0 saturated heterocycles. The van der Waals surface area contributed by atoms with Crippen molar-refractivity contribution in [3.63, 3.8) is 0 Å². The van der Waals surface area contributed by atoms with Gasteiger partial charge in [-0.25, -0.2) is 8.78 Å². The topological polar surface area (TPSA) is 43.3 Å². The van der Waals surface area contributed by atoms with Crippen molar-refractivity contribution in [1.82, 2.24) is 9.88 Å². The molecule has 3 rings (SSSR count). The van der Waals surface area contributed by atoms with Crippen LogP contribution in [-0.2, 0) is 11.3 Å². The first-order valence-electron chi connectivity index (χ1n) is 8.36. The van der Waals surface area contributed by atoms with Crippen molar-refractivity contribution in [3.8, 4) is 11.4 Å². The van der Waals surface area contributed by atoms with Crippen LogP contribution in [-0.4, -0.2) is 16.6 Å². The molecule has 146 valence electrons. The number of carbonyl (C=O) groups is 1. The van der Waals surface area contributed by atoms with Gasteiger partial charge in [-0.15, -0.1) is 0 Å². The van der Waals surface area contributed by atoms with Gasteiger partial charge in [0, 0.05) is 30.7 Å². The van der Waals surface area contributed by atoms with Crippen molar-refractivity contribution in [2.45, 2.75) is 19.6 Å². The van der Waals surface area contributed by atoms with Crippen LogP contribution in [0, 0.1) is 23.3 Å². The summed E-state index contributed by atoms with van der Waals surface area (Å²) in [6.45, 7) is 1.35. The quantitative estimate of drug-likeness (QED) is 0.507. The number of rotatable bonds is 6. The number of hydrogen-bond acceptors (Lipinski definition) is 2. The molecule has 0 radical (unpaired) electrons. The molecule has 1 atom stereocenters. The molecule has 3 aromatic rings. The van der Waals surface area contributed by atoms with Crippen molar-refractivity contribution >= 4 is 5.91 Å². The monoisotopic (exact) mass is 392 g/mol. The van der Waals surface area contributed by atoms with Gasteiger partial charge in [-0.3, -0.25) is 4.79 Å². The Morgan fingerprint density at radius 3 is 2.18 bits per heavy atom. The zero-order valence-electron chi connectivity index (χ0n) is 14.8. The Labute approximate surface area is 158 Å². The summed E-state index contributed by atoms with van der Waals surface area (Å²) in [6, 6.07) is 11.2. The molecule has 2 aromatic carbocycles. The van der Waals surface area contributed by atoms with Crippen LogP contribution in [0.15, 0.2) is 54.9 Å². The molecule has 0 saturated carbocycles. The van der Waals surface area contributed by atoms with E-state index in [-0.39, 0.29) is 12.6 Å². The molecule has 0 spiro atoms. The second-order valence-electron chi connectivity index (χ2n) is 6.03. The number of ether oxygens (including phenoxy) is 1. The van der Waals surface area contributed by atoms with Gasteiger partial charge in [-0.05, 0) is 36.8 Å². The summed E-state index contributed by atoms with van der Waals surface area (Å²) in [5, 5.41) is 2.54. The minimum absolute atomic E-state index is 0.0691. The highest BCUT2D eigenvalue weighted by Crippen LogP contribution is 2.27. The van der Waals surface area contributed by atoms with Gasteiger partial charge in [0.15, 0.2) is 23.5 Å². The Kier molecular flexibility index (Phi) is 5.67. The molecule has 0 bridgehead atoms. The van der Waals surface area contributed by atoms with Crippen molar-refractivity contribution < 1.29 is 27.1 Å². The Hall–Kier alpha value is -3.29. The molecule has 1 aromatic heterocycles. The lowest BCUT2D eigenvalue weighted by molar-refractivity contribution is -0.127. The third-order valence-electron chi connectivity index (χ3n) is 4.04. The Bertz CT molecular complexity index is 947. The average Bonchev–Trinajstić information content (AvgIpc) is 3.23. The van der Waals surface area contributed by atoms with E-state index in [0.29, 0.717) is 0 Å². The zero-order valence-corrected chi connectivity index (χ0v) is 14.8. The van der Waals surface area contributed by atoms with E-state index < -0.39 is 41.0 Å². The normalized spacial score (nSPS) is 11.9. The lowest BCUT2D eigenvalue weighted by Gasteiger charge is -2.16. The van der Waals surface area contributed by atoms with Gasteiger partial charge in [-0.1, -0.05) is 12.1 Å². The van der Waals surface area contributed by atoms with Crippen LogP contribution in [0.25, 0.3) is 5.69 Å². The maximum absolute atomic E-state index is 13.6. The third-order valence-corrected chi connectivity index (χ3v) is 4.04. The summed E-state index contributed by atoms with van der Waals surface area (Å²) < 4.78 is 60.4. The Morgan fingerprint density at radius 1 is 1.04 bits per heavy atom. The molecule has 1 heterocycles. The summed E-state index contributed by atoms with van der Waals surface area (Å²) >= 11 is 0. The molecule has 1 unspecified atom stereocenters. The van der Waals surface area contributed by atoms with E-state index in [1.807, 2.05) is 53.4 Å².